The highest BCUT2D eigenvalue weighted by Gasteiger charge is 2.37. The van der Waals surface area contributed by atoms with Gasteiger partial charge in [-0.25, -0.2) is 15.0 Å². The molecule has 0 N–H and O–H groups in total. The minimum absolute atomic E-state index is 0.119. The van der Waals surface area contributed by atoms with Crippen LogP contribution in [0.25, 0.3) is 111 Å². The lowest BCUT2D eigenvalue weighted by molar-refractivity contribution is 0.568. The summed E-state index contributed by atoms with van der Waals surface area (Å²) in [4.78, 5) is 21.7. The monoisotopic (exact) mass is 1060 g/mol. The average Bonchev–Trinajstić information content (AvgIpc) is 4.12. The van der Waals surface area contributed by atoms with E-state index in [0.29, 0.717) is 17.5 Å². The molecule has 0 atom stereocenters. The summed E-state index contributed by atoms with van der Waals surface area (Å²) in [6.07, 6.45) is 3.98. The maximum atomic E-state index is 5.59. The number of rotatable bonds is 6. The molecular formula is C75H72N6. The van der Waals surface area contributed by atoms with Gasteiger partial charge in [-0.2, -0.15) is 0 Å². The molecule has 0 saturated heterocycles. The maximum Gasteiger partial charge on any atom is 0.164 e. The van der Waals surface area contributed by atoms with Crippen molar-refractivity contribution in [2.45, 2.75) is 124 Å². The van der Waals surface area contributed by atoms with Crippen LogP contribution < -0.4 is 0 Å². The van der Waals surface area contributed by atoms with E-state index in [-0.39, 0.29) is 27.1 Å². The van der Waals surface area contributed by atoms with Crippen LogP contribution in [-0.4, -0.2) is 29.1 Å². The molecule has 0 bridgehead atoms. The number of fused-ring (bicyclic) bond motifs is 9. The Labute approximate surface area is 477 Å². The molecule has 402 valence electrons. The van der Waals surface area contributed by atoms with Crippen molar-refractivity contribution in [3.05, 3.63) is 216 Å². The molecule has 8 aromatic carbocycles. The number of nitrogens with zero attached hydrogens (tertiary/aromatic N) is 6. The molecule has 6 heteroatoms. The highest BCUT2D eigenvalue weighted by atomic mass is 15.0. The molecular weight excluding hydrogens is 985 g/mol. The van der Waals surface area contributed by atoms with Gasteiger partial charge < -0.3 is 9.13 Å². The van der Waals surface area contributed by atoms with Crippen LogP contribution >= 0.6 is 0 Å². The van der Waals surface area contributed by atoms with E-state index < -0.39 is 0 Å². The summed E-state index contributed by atoms with van der Waals surface area (Å²) in [6, 6.07) is 63.2. The van der Waals surface area contributed by atoms with Crippen LogP contribution in [0.2, 0.25) is 0 Å². The Morgan fingerprint density at radius 1 is 0.333 bits per heavy atom. The standard InChI is InChI=1S/C75H72N6/c1-71(2,3)48-35-46(36-49(40-48)72(4,5)6)69-77-68(78-70(79-69)47-37-50(73(7,8)9)41-51(38-47)74(10,11)12)45-31-32-65(57(39-45)59-44-76-34-33-66(59)80-62-28-20-16-24-53(62)54-25-17-21-29-63(54)80)81-64-30-22-18-26-55(64)58-42-56-52-23-15-19-27-60(52)75(13,14)61(56)43-67(58)81/h15-44H,1-14H3. The Morgan fingerprint density at radius 2 is 0.765 bits per heavy atom. The molecule has 13 rings (SSSR count). The fraction of sp³-hybridized carbons (Fsp3) is 0.253. The quantitative estimate of drug-likeness (QED) is 0.166. The van der Waals surface area contributed by atoms with Crippen LogP contribution in [0, 0.1) is 0 Å². The van der Waals surface area contributed by atoms with Gasteiger partial charge in [-0.15, -0.1) is 0 Å². The molecule has 0 fully saturated rings. The number of pyridine rings is 1. The Hall–Kier alpha value is -8.48. The molecule has 0 amide bonds. The van der Waals surface area contributed by atoms with Crippen molar-refractivity contribution >= 4 is 43.6 Å². The largest absolute Gasteiger partial charge is 0.309 e. The molecule has 0 spiro atoms. The van der Waals surface area contributed by atoms with Crippen LogP contribution in [0.4, 0.5) is 0 Å². The summed E-state index contributed by atoms with van der Waals surface area (Å²) in [5, 5.41) is 4.81. The molecule has 0 unspecified atom stereocenters. The van der Waals surface area contributed by atoms with Gasteiger partial charge in [-0.3, -0.25) is 4.98 Å². The highest BCUT2D eigenvalue weighted by molar-refractivity contribution is 6.13. The summed E-state index contributed by atoms with van der Waals surface area (Å²) in [7, 11) is 0. The van der Waals surface area contributed by atoms with Crippen molar-refractivity contribution in [3.63, 3.8) is 0 Å². The van der Waals surface area contributed by atoms with Crippen LogP contribution in [-0.2, 0) is 27.1 Å². The summed E-state index contributed by atoms with van der Waals surface area (Å²) in [5.41, 5.74) is 21.0. The van der Waals surface area contributed by atoms with Gasteiger partial charge >= 0.3 is 0 Å². The van der Waals surface area contributed by atoms with Gasteiger partial charge in [0.2, 0.25) is 0 Å². The van der Waals surface area contributed by atoms with Gasteiger partial charge in [-0.1, -0.05) is 188 Å². The van der Waals surface area contributed by atoms with E-state index in [1.165, 1.54) is 66.1 Å². The van der Waals surface area contributed by atoms with Crippen molar-refractivity contribution in [1.82, 2.24) is 29.1 Å². The fourth-order valence-corrected chi connectivity index (χ4v) is 12.5. The minimum atomic E-state index is -0.199. The van der Waals surface area contributed by atoms with Crippen molar-refractivity contribution in [2.24, 2.45) is 0 Å². The van der Waals surface area contributed by atoms with E-state index in [1.807, 2.05) is 6.20 Å². The fourth-order valence-electron chi connectivity index (χ4n) is 12.5. The van der Waals surface area contributed by atoms with E-state index >= 15 is 0 Å². The van der Waals surface area contributed by atoms with Crippen molar-refractivity contribution in [2.75, 3.05) is 0 Å². The second-order valence-corrected chi connectivity index (χ2v) is 27.3. The SMILES string of the molecule is CC(C)(C)c1cc(-c2nc(-c3cc(C(C)(C)C)cc(C(C)(C)C)c3)nc(-c3ccc(-n4c5ccccc5c5cc6c(cc54)C(C)(C)c4ccccc4-6)c(-c4cnccc4-n4c5ccccc5c5ccccc54)c3)n2)cc(C(C)(C)C)c1. The number of para-hydroxylation sites is 3. The van der Waals surface area contributed by atoms with E-state index in [0.717, 1.165) is 61.3 Å². The molecule has 0 radical (unpaired) electrons. The Morgan fingerprint density at radius 3 is 1.27 bits per heavy atom. The Kier molecular flexibility index (Phi) is 11.7. The number of hydrogen-bond acceptors (Lipinski definition) is 4. The third-order valence-electron chi connectivity index (χ3n) is 17.3. The predicted molar refractivity (Wildman–Crippen MR) is 340 cm³/mol. The highest BCUT2D eigenvalue weighted by Crippen LogP contribution is 2.52. The first-order valence-corrected chi connectivity index (χ1v) is 28.8. The van der Waals surface area contributed by atoms with E-state index in [9.17, 15) is 0 Å². The third-order valence-corrected chi connectivity index (χ3v) is 17.3. The Bertz CT molecular complexity index is 4320. The van der Waals surface area contributed by atoms with Crippen LogP contribution in [0.3, 0.4) is 0 Å². The Balaban J connectivity index is 1.13. The van der Waals surface area contributed by atoms with Crippen LogP contribution in [0.5, 0.6) is 0 Å². The molecule has 4 aromatic heterocycles. The predicted octanol–water partition coefficient (Wildman–Crippen LogP) is 19.6. The summed E-state index contributed by atoms with van der Waals surface area (Å²) >= 11 is 0. The topological polar surface area (TPSA) is 61.4 Å². The number of hydrogen-bond donors (Lipinski definition) is 0. The number of aromatic nitrogens is 6. The van der Waals surface area contributed by atoms with Gasteiger partial charge in [0.25, 0.3) is 0 Å². The summed E-state index contributed by atoms with van der Waals surface area (Å²) in [5.74, 6) is 1.88. The van der Waals surface area contributed by atoms with Gasteiger partial charge in [0.05, 0.1) is 33.4 Å². The van der Waals surface area contributed by atoms with Gasteiger partial charge in [0, 0.05) is 67.2 Å². The lowest BCUT2D eigenvalue weighted by Crippen LogP contribution is -2.17. The van der Waals surface area contributed by atoms with Crippen molar-refractivity contribution in [3.8, 4) is 67.8 Å². The van der Waals surface area contributed by atoms with Crippen LogP contribution in [0.15, 0.2) is 182 Å². The number of benzene rings is 8. The maximum absolute atomic E-state index is 5.59. The van der Waals surface area contributed by atoms with E-state index in [2.05, 4.69) is 282 Å². The average molecular weight is 1060 g/mol. The molecule has 1 aliphatic rings. The third kappa shape index (κ3) is 8.68. The summed E-state index contributed by atoms with van der Waals surface area (Å²) in [6.45, 7) is 32.2. The minimum Gasteiger partial charge on any atom is -0.309 e. The molecule has 1 aliphatic carbocycles. The second-order valence-electron chi connectivity index (χ2n) is 27.3. The lowest BCUT2D eigenvalue weighted by Gasteiger charge is -2.26. The first-order chi connectivity index (χ1) is 38.4. The van der Waals surface area contributed by atoms with E-state index in [1.54, 1.807) is 0 Å². The first kappa shape index (κ1) is 51.9. The zero-order valence-corrected chi connectivity index (χ0v) is 49.5. The van der Waals surface area contributed by atoms with E-state index in [4.69, 9.17) is 19.9 Å². The van der Waals surface area contributed by atoms with Gasteiger partial charge in [0.15, 0.2) is 17.5 Å². The van der Waals surface area contributed by atoms with Gasteiger partial charge in [0.1, 0.15) is 0 Å². The van der Waals surface area contributed by atoms with Crippen LogP contribution in [0.1, 0.15) is 130 Å². The molecule has 81 heavy (non-hydrogen) atoms. The lowest BCUT2D eigenvalue weighted by atomic mass is 9.79. The molecule has 0 aliphatic heterocycles. The smallest absolute Gasteiger partial charge is 0.164 e. The van der Waals surface area contributed by atoms with Gasteiger partial charge in [-0.05, 0) is 145 Å². The first-order valence-electron chi connectivity index (χ1n) is 28.8. The second kappa shape index (κ2) is 18.3. The molecule has 4 heterocycles. The summed E-state index contributed by atoms with van der Waals surface area (Å²) < 4.78 is 4.91. The van der Waals surface area contributed by atoms with Crippen molar-refractivity contribution in [1.29, 1.82) is 0 Å². The van der Waals surface area contributed by atoms with Crippen molar-refractivity contribution < 1.29 is 0 Å². The zero-order chi connectivity index (χ0) is 56.7. The zero-order valence-electron chi connectivity index (χ0n) is 49.5. The normalized spacial score (nSPS) is 13.7. The molecule has 0 saturated carbocycles. The molecule has 12 aromatic rings. The molecule has 6 nitrogen and oxygen atoms in total.